The number of hydrogen-bond acceptors (Lipinski definition) is 3. The molecule has 0 aliphatic carbocycles. The molecule has 1 heterocycles. The van der Waals surface area contributed by atoms with E-state index in [1.165, 1.54) is 0 Å². The lowest BCUT2D eigenvalue weighted by Crippen LogP contribution is -2.22. The summed E-state index contributed by atoms with van der Waals surface area (Å²) in [6.07, 6.45) is 3.65. The highest BCUT2D eigenvalue weighted by molar-refractivity contribution is 6.01. The fourth-order valence-electron chi connectivity index (χ4n) is 3.04. The first-order chi connectivity index (χ1) is 13.2. The Bertz CT molecular complexity index is 1090. The van der Waals surface area contributed by atoms with Crippen molar-refractivity contribution in [2.75, 3.05) is 0 Å². The summed E-state index contributed by atoms with van der Waals surface area (Å²) in [5.41, 5.74) is 2.34. The quantitative estimate of drug-likeness (QED) is 0.572. The van der Waals surface area contributed by atoms with E-state index in [0.29, 0.717) is 13.1 Å². The van der Waals surface area contributed by atoms with Crippen molar-refractivity contribution in [2.24, 2.45) is 0 Å². The fraction of sp³-hybridized carbons (Fsp3) is 0.0909. The molecule has 0 saturated heterocycles. The Kier molecular flexibility index (Phi) is 4.58. The number of hydrogen-bond donors (Lipinski definition) is 2. The number of rotatable bonds is 5. The predicted molar refractivity (Wildman–Crippen MR) is 105 cm³/mol. The molecule has 0 aliphatic rings. The summed E-state index contributed by atoms with van der Waals surface area (Å²) in [6.45, 7) is 1.03. The van der Waals surface area contributed by atoms with E-state index in [9.17, 15) is 9.90 Å². The molecule has 4 aromatic rings. The third-order valence-corrected chi connectivity index (χ3v) is 4.44. The van der Waals surface area contributed by atoms with Gasteiger partial charge in [-0.1, -0.05) is 54.6 Å². The zero-order valence-electron chi connectivity index (χ0n) is 14.7. The van der Waals surface area contributed by atoms with Crippen molar-refractivity contribution in [3.05, 3.63) is 95.8 Å². The highest BCUT2D eigenvalue weighted by atomic mass is 16.3. The van der Waals surface area contributed by atoms with E-state index >= 15 is 0 Å². The number of phenolic OH excluding ortho intramolecular Hbond substituents is 1. The summed E-state index contributed by atoms with van der Waals surface area (Å²) in [6, 6.07) is 21.0. The van der Waals surface area contributed by atoms with Crippen LogP contribution in [0.5, 0.6) is 5.75 Å². The molecule has 134 valence electrons. The van der Waals surface area contributed by atoms with Crippen LogP contribution in [0, 0.1) is 0 Å². The van der Waals surface area contributed by atoms with Crippen molar-refractivity contribution >= 4 is 16.7 Å². The molecule has 2 N–H and O–H groups in total. The van der Waals surface area contributed by atoms with Crippen LogP contribution in [0.25, 0.3) is 10.8 Å². The van der Waals surface area contributed by atoms with Gasteiger partial charge in [-0.15, -0.1) is 0 Å². The van der Waals surface area contributed by atoms with Gasteiger partial charge < -0.3 is 10.4 Å². The Morgan fingerprint density at radius 1 is 0.963 bits per heavy atom. The number of amides is 1. The first kappa shape index (κ1) is 16.8. The Hall–Kier alpha value is -3.60. The van der Waals surface area contributed by atoms with Crippen LogP contribution < -0.4 is 5.32 Å². The summed E-state index contributed by atoms with van der Waals surface area (Å²) in [5.74, 6) is -0.333. The normalized spacial score (nSPS) is 10.8. The number of benzene rings is 3. The molecule has 3 aromatic carbocycles. The average molecular weight is 357 g/mol. The standard InChI is InChI=1S/C22H19N3O2/c26-21-11-19-9-5-4-8-18(19)10-20(21)22(27)23-12-17-13-24-25(15-17)14-16-6-2-1-3-7-16/h1-11,13,15,26H,12,14H2,(H,23,27). The summed E-state index contributed by atoms with van der Waals surface area (Å²) >= 11 is 0. The minimum Gasteiger partial charge on any atom is -0.507 e. The Balaban J connectivity index is 1.43. The molecule has 0 radical (unpaired) electrons. The number of carbonyl (C=O) groups is 1. The summed E-state index contributed by atoms with van der Waals surface area (Å²) in [4.78, 5) is 12.5. The van der Waals surface area contributed by atoms with Gasteiger partial charge in [0.15, 0.2) is 0 Å². The molecule has 5 heteroatoms. The van der Waals surface area contributed by atoms with E-state index in [4.69, 9.17) is 0 Å². The first-order valence-electron chi connectivity index (χ1n) is 8.74. The van der Waals surface area contributed by atoms with E-state index < -0.39 is 0 Å². The Morgan fingerprint density at radius 3 is 2.44 bits per heavy atom. The maximum absolute atomic E-state index is 12.5. The van der Waals surface area contributed by atoms with Gasteiger partial charge in [0.1, 0.15) is 5.75 Å². The molecule has 1 aromatic heterocycles. The van der Waals surface area contributed by atoms with Gasteiger partial charge in [-0.3, -0.25) is 9.48 Å². The van der Waals surface area contributed by atoms with E-state index in [0.717, 1.165) is 21.9 Å². The van der Waals surface area contributed by atoms with Gasteiger partial charge in [0, 0.05) is 18.3 Å². The summed E-state index contributed by atoms with van der Waals surface area (Å²) in [5, 5.41) is 19.2. The minimum atomic E-state index is -0.311. The monoisotopic (exact) mass is 357 g/mol. The first-order valence-corrected chi connectivity index (χ1v) is 8.74. The molecule has 0 bridgehead atoms. The summed E-state index contributed by atoms with van der Waals surface area (Å²) in [7, 11) is 0. The number of aromatic hydroxyl groups is 1. The van der Waals surface area contributed by atoms with Crippen molar-refractivity contribution in [3.63, 3.8) is 0 Å². The van der Waals surface area contributed by atoms with Crippen LogP contribution in [0.3, 0.4) is 0 Å². The van der Waals surface area contributed by atoms with Crippen LogP contribution in [-0.2, 0) is 13.1 Å². The van der Waals surface area contributed by atoms with Gasteiger partial charge in [-0.2, -0.15) is 5.10 Å². The second-order valence-corrected chi connectivity index (χ2v) is 6.43. The maximum atomic E-state index is 12.5. The number of phenols is 1. The van der Waals surface area contributed by atoms with Gasteiger partial charge >= 0.3 is 0 Å². The van der Waals surface area contributed by atoms with Crippen LogP contribution in [0.15, 0.2) is 79.1 Å². The Morgan fingerprint density at radius 2 is 1.67 bits per heavy atom. The van der Waals surface area contributed by atoms with E-state index in [1.54, 1.807) is 18.3 Å². The van der Waals surface area contributed by atoms with Crippen LogP contribution in [-0.4, -0.2) is 20.8 Å². The van der Waals surface area contributed by atoms with Gasteiger partial charge in [0.25, 0.3) is 5.91 Å². The molecule has 0 aliphatic heterocycles. The molecule has 5 nitrogen and oxygen atoms in total. The van der Waals surface area contributed by atoms with Gasteiger partial charge in [-0.25, -0.2) is 0 Å². The lowest BCUT2D eigenvalue weighted by atomic mass is 10.1. The van der Waals surface area contributed by atoms with Crippen LogP contribution in [0.4, 0.5) is 0 Å². The minimum absolute atomic E-state index is 0.0222. The molecular formula is C22H19N3O2. The number of nitrogens with zero attached hydrogens (tertiary/aromatic N) is 2. The predicted octanol–water partition coefficient (Wildman–Crippen LogP) is 3.72. The SMILES string of the molecule is O=C(NCc1cnn(Cc2ccccc2)c1)c1cc2ccccc2cc1O. The molecule has 0 spiro atoms. The summed E-state index contributed by atoms with van der Waals surface area (Å²) < 4.78 is 1.84. The number of aromatic nitrogens is 2. The topological polar surface area (TPSA) is 67.2 Å². The number of nitrogens with one attached hydrogen (secondary N) is 1. The third kappa shape index (κ3) is 3.82. The van der Waals surface area contributed by atoms with Gasteiger partial charge in [0.2, 0.25) is 0 Å². The smallest absolute Gasteiger partial charge is 0.255 e. The van der Waals surface area contributed by atoms with Crippen molar-refractivity contribution in [2.45, 2.75) is 13.1 Å². The third-order valence-electron chi connectivity index (χ3n) is 4.44. The molecule has 0 atom stereocenters. The molecule has 0 fully saturated rings. The zero-order chi connectivity index (χ0) is 18.6. The largest absolute Gasteiger partial charge is 0.507 e. The van der Waals surface area contributed by atoms with Crippen molar-refractivity contribution in [3.8, 4) is 5.75 Å². The molecular weight excluding hydrogens is 338 g/mol. The molecule has 1 amide bonds. The Labute approximate surface area is 156 Å². The van der Waals surface area contributed by atoms with Crippen LogP contribution in [0.1, 0.15) is 21.5 Å². The lowest BCUT2D eigenvalue weighted by molar-refractivity contribution is 0.0948. The second kappa shape index (κ2) is 7.33. The molecule has 0 unspecified atom stereocenters. The van der Waals surface area contributed by atoms with E-state index in [2.05, 4.69) is 10.4 Å². The highest BCUT2D eigenvalue weighted by Gasteiger charge is 2.12. The molecule has 27 heavy (non-hydrogen) atoms. The average Bonchev–Trinajstić information content (AvgIpc) is 3.13. The van der Waals surface area contributed by atoms with Crippen molar-refractivity contribution < 1.29 is 9.90 Å². The van der Waals surface area contributed by atoms with Gasteiger partial charge in [0.05, 0.1) is 18.3 Å². The lowest BCUT2D eigenvalue weighted by Gasteiger charge is -2.08. The fourth-order valence-corrected chi connectivity index (χ4v) is 3.04. The molecule has 0 saturated carbocycles. The van der Waals surface area contributed by atoms with E-state index in [-0.39, 0.29) is 17.2 Å². The maximum Gasteiger partial charge on any atom is 0.255 e. The molecule has 4 rings (SSSR count). The van der Waals surface area contributed by atoms with Crippen LogP contribution in [0.2, 0.25) is 0 Å². The highest BCUT2D eigenvalue weighted by Crippen LogP contribution is 2.24. The number of fused-ring (bicyclic) bond motifs is 1. The number of carbonyl (C=O) groups excluding carboxylic acids is 1. The zero-order valence-corrected chi connectivity index (χ0v) is 14.7. The van der Waals surface area contributed by atoms with Crippen LogP contribution >= 0.6 is 0 Å². The second-order valence-electron chi connectivity index (χ2n) is 6.43. The van der Waals surface area contributed by atoms with E-state index in [1.807, 2.05) is 65.5 Å². The van der Waals surface area contributed by atoms with Crippen molar-refractivity contribution in [1.82, 2.24) is 15.1 Å². The van der Waals surface area contributed by atoms with Crippen molar-refractivity contribution in [1.29, 1.82) is 0 Å². The van der Waals surface area contributed by atoms with Gasteiger partial charge in [-0.05, 0) is 28.5 Å².